The first-order valence-corrected chi connectivity index (χ1v) is 9.55. The summed E-state index contributed by atoms with van der Waals surface area (Å²) in [5.74, 6) is -4.95. The van der Waals surface area contributed by atoms with Crippen molar-refractivity contribution in [1.82, 2.24) is 16.0 Å². The standard InChI is InChI=1S/C17H32N8O6/c1-8(2)13(25-12(27)7-18)15(29)23-9(4-3-5-22-17(20)21)14(28)24-10(16(30)31)6-11(19)26/h8-10,13H,3-7,18H2,1-2H3,(H2,19,26)(H,23,29)(H,24,28)(H,25,27)(H,30,31)(H4,20,21,22). The molecular weight excluding hydrogens is 412 g/mol. The second-order valence-electron chi connectivity index (χ2n) is 7.07. The number of carboxylic acid groups (broad SMARTS) is 1. The van der Waals surface area contributed by atoms with E-state index in [0.29, 0.717) is 0 Å². The molecule has 176 valence electrons. The van der Waals surface area contributed by atoms with E-state index in [9.17, 15) is 29.1 Å². The molecule has 0 aliphatic rings. The third kappa shape index (κ3) is 11.4. The fraction of sp³-hybridized carbons (Fsp3) is 0.647. The maximum Gasteiger partial charge on any atom is 0.326 e. The van der Waals surface area contributed by atoms with Crippen molar-refractivity contribution in [1.29, 1.82) is 0 Å². The molecule has 0 aliphatic heterocycles. The summed E-state index contributed by atoms with van der Waals surface area (Å²) in [6, 6.07) is -3.74. The van der Waals surface area contributed by atoms with Gasteiger partial charge < -0.3 is 44.0 Å². The molecule has 14 nitrogen and oxygen atoms in total. The van der Waals surface area contributed by atoms with Gasteiger partial charge in [-0.1, -0.05) is 13.8 Å². The molecule has 0 aromatic carbocycles. The maximum atomic E-state index is 12.7. The number of hydrogen-bond donors (Lipinski definition) is 8. The number of aliphatic imine (C=N–C) groups is 1. The van der Waals surface area contributed by atoms with Gasteiger partial charge in [-0.15, -0.1) is 0 Å². The highest BCUT2D eigenvalue weighted by Crippen LogP contribution is 2.06. The highest BCUT2D eigenvalue weighted by molar-refractivity contribution is 5.94. The predicted octanol–water partition coefficient (Wildman–Crippen LogP) is -3.93. The summed E-state index contributed by atoms with van der Waals surface area (Å²) in [7, 11) is 0. The van der Waals surface area contributed by atoms with E-state index in [4.69, 9.17) is 22.9 Å². The first kappa shape index (κ1) is 27.6. The van der Waals surface area contributed by atoms with Crippen molar-refractivity contribution in [2.24, 2.45) is 33.8 Å². The minimum atomic E-state index is -1.57. The molecule has 4 amide bonds. The van der Waals surface area contributed by atoms with Gasteiger partial charge in [0.05, 0.1) is 13.0 Å². The topological polar surface area (TPSA) is 258 Å². The number of carboxylic acids is 1. The molecule has 31 heavy (non-hydrogen) atoms. The van der Waals surface area contributed by atoms with Gasteiger partial charge >= 0.3 is 5.97 Å². The number of hydrogen-bond acceptors (Lipinski definition) is 7. The van der Waals surface area contributed by atoms with Crippen LogP contribution in [0.5, 0.6) is 0 Å². The molecule has 0 aromatic rings. The summed E-state index contributed by atoms with van der Waals surface area (Å²) in [6.45, 7) is 3.19. The van der Waals surface area contributed by atoms with Crippen molar-refractivity contribution in [3.05, 3.63) is 0 Å². The molecule has 0 saturated carbocycles. The van der Waals surface area contributed by atoms with Crippen LogP contribution in [-0.4, -0.2) is 71.9 Å². The number of nitrogens with one attached hydrogen (secondary N) is 3. The molecule has 12 N–H and O–H groups in total. The monoisotopic (exact) mass is 444 g/mol. The van der Waals surface area contributed by atoms with E-state index in [2.05, 4.69) is 20.9 Å². The quantitative estimate of drug-likeness (QED) is 0.0737. The van der Waals surface area contributed by atoms with E-state index in [1.807, 2.05) is 0 Å². The Morgan fingerprint density at radius 2 is 1.52 bits per heavy atom. The molecule has 0 saturated heterocycles. The Labute approximate surface area is 179 Å². The summed E-state index contributed by atoms with van der Waals surface area (Å²) in [5.41, 5.74) is 20.8. The number of aliphatic carboxylic acids is 1. The Bertz CT molecular complexity index is 692. The zero-order valence-corrected chi connectivity index (χ0v) is 17.6. The molecule has 14 heteroatoms. The van der Waals surface area contributed by atoms with Gasteiger partial charge in [0.15, 0.2) is 5.96 Å². The minimum absolute atomic E-state index is 0.0485. The van der Waals surface area contributed by atoms with Crippen LogP contribution in [0.25, 0.3) is 0 Å². The number of rotatable bonds is 14. The largest absolute Gasteiger partial charge is 0.480 e. The zero-order chi connectivity index (χ0) is 24.1. The van der Waals surface area contributed by atoms with Gasteiger partial charge in [0.2, 0.25) is 23.6 Å². The first-order valence-electron chi connectivity index (χ1n) is 9.55. The van der Waals surface area contributed by atoms with E-state index in [-0.39, 0.29) is 37.8 Å². The molecular formula is C17H32N8O6. The minimum Gasteiger partial charge on any atom is -0.480 e. The lowest BCUT2D eigenvalue weighted by Gasteiger charge is -2.26. The van der Waals surface area contributed by atoms with Gasteiger partial charge in [0.1, 0.15) is 18.1 Å². The van der Waals surface area contributed by atoms with E-state index >= 15 is 0 Å². The van der Waals surface area contributed by atoms with Crippen LogP contribution >= 0.6 is 0 Å². The van der Waals surface area contributed by atoms with Crippen LogP contribution in [0.15, 0.2) is 4.99 Å². The third-order valence-electron chi connectivity index (χ3n) is 4.05. The predicted molar refractivity (Wildman–Crippen MR) is 111 cm³/mol. The molecule has 0 radical (unpaired) electrons. The van der Waals surface area contributed by atoms with Gasteiger partial charge in [-0.05, 0) is 18.8 Å². The lowest BCUT2D eigenvalue weighted by atomic mass is 10.0. The number of nitrogens with two attached hydrogens (primary N) is 4. The fourth-order valence-corrected chi connectivity index (χ4v) is 2.47. The fourth-order valence-electron chi connectivity index (χ4n) is 2.47. The van der Waals surface area contributed by atoms with Crippen molar-refractivity contribution in [3.8, 4) is 0 Å². The lowest BCUT2D eigenvalue weighted by Crippen LogP contribution is -2.57. The van der Waals surface area contributed by atoms with Crippen LogP contribution in [0.1, 0.15) is 33.1 Å². The van der Waals surface area contributed by atoms with Crippen LogP contribution in [0.4, 0.5) is 0 Å². The van der Waals surface area contributed by atoms with Gasteiger partial charge in [-0.3, -0.25) is 24.2 Å². The Hall–Kier alpha value is -3.42. The van der Waals surface area contributed by atoms with Gasteiger partial charge in [-0.25, -0.2) is 4.79 Å². The zero-order valence-electron chi connectivity index (χ0n) is 17.6. The number of carbonyl (C=O) groups excluding carboxylic acids is 4. The molecule has 3 unspecified atom stereocenters. The molecule has 0 fully saturated rings. The molecule has 0 aliphatic carbocycles. The van der Waals surface area contributed by atoms with E-state index in [1.54, 1.807) is 13.8 Å². The second kappa shape index (κ2) is 13.7. The van der Waals surface area contributed by atoms with Gasteiger partial charge in [0, 0.05) is 6.54 Å². The summed E-state index contributed by atoms with van der Waals surface area (Å²) in [6.07, 6.45) is -0.310. The average molecular weight is 444 g/mol. The van der Waals surface area contributed by atoms with Crippen molar-refractivity contribution in [2.45, 2.75) is 51.2 Å². The lowest BCUT2D eigenvalue weighted by molar-refractivity contribution is -0.143. The van der Waals surface area contributed by atoms with Gasteiger partial charge in [-0.2, -0.15) is 0 Å². The molecule has 0 spiro atoms. The number of primary amides is 1. The second-order valence-corrected chi connectivity index (χ2v) is 7.07. The summed E-state index contributed by atoms with van der Waals surface area (Å²) in [5, 5.41) is 16.3. The van der Waals surface area contributed by atoms with E-state index in [0.717, 1.165) is 0 Å². The first-order chi connectivity index (χ1) is 14.4. The Morgan fingerprint density at radius 1 is 0.935 bits per heavy atom. The van der Waals surface area contributed by atoms with Crippen LogP contribution in [0, 0.1) is 5.92 Å². The molecule has 0 bridgehead atoms. The number of carbonyl (C=O) groups is 5. The average Bonchev–Trinajstić information content (AvgIpc) is 2.66. The van der Waals surface area contributed by atoms with Crippen molar-refractivity contribution in [2.75, 3.05) is 13.1 Å². The Kier molecular flexibility index (Phi) is 12.2. The molecule has 0 aromatic heterocycles. The number of guanidine groups is 1. The van der Waals surface area contributed by atoms with E-state index < -0.39 is 54.1 Å². The van der Waals surface area contributed by atoms with Crippen LogP contribution < -0.4 is 38.9 Å². The van der Waals surface area contributed by atoms with Crippen LogP contribution in [0.2, 0.25) is 0 Å². The van der Waals surface area contributed by atoms with Crippen LogP contribution in [0.3, 0.4) is 0 Å². The normalized spacial score (nSPS) is 13.4. The molecule has 0 heterocycles. The van der Waals surface area contributed by atoms with Gasteiger partial charge in [0.25, 0.3) is 0 Å². The highest BCUT2D eigenvalue weighted by atomic mass is 16.4. The third-order valence-corrected chi connectivity index (χ3v) is 4.05. The van der Waals surface area contributed by atoms with E-state index in [1.165, 1.54) is 0 Å². The van der Waals surface area contributed by atoms with Crippen molar-refractivity contribution >= 4 is 35.6 Å². The van der Waals surface area contributed by atoms with Crippen molar-refractivity contribution < 1.29 is 29.1 Å². The SMILES string of the molecule is CC(C)C(NC(=O)CN)C(=O)NC(CCCN=C(N)N)C(=O)NC(CC(N)=O)C(=O)O. The smallest absolute Gasteiger partial charge is 0.326 e. The molecule has 3 atom stereocenters. The van der Waals surface area contributed by atoms with Crippen molar-refractivity contribution in [3.63, 3.8) is 0 Å². The van der Waals surface area contributed by atoms with Crippen LogP contribution in [-0.2, 0) is 24.0 Å². The summed E-state index contributed by atoms with van der Waals surface area (Å²) in [4.78, 5) is 63.1. The Morgan fingerprint density at radius 3 is 1.97 bits per heavy atom. The summed E-state index contributed by atoms with van der Waals surface area (Å²) >= 11 is 0. The summed E-state index contributed by atoms with van der Waals surface area (Å²) < 4.78 is 0. The molecule has 0 rings (SSSR count). The Balaban J connectivity index is 5.45. The highest BCUT2D eigenvalue weighted by Gasteiger charge is 2.31. The number of amides is 4. The maximum absolute atomic E-state index is 12.7. The number of nitrogens with zero attached hydrogens (tertiary/aromatic N) is 1.